The first-order valence-corrected chi connectivity index (χ1v) is 5.17. The number of hydrogen-bond donors (Lipinski definition) is 1. The normalized spacial score (nSPS) is 14.5. The van der Waals surface area contributed by atoms with Crippen LogP contribution in [0.2, 0.25) is 0 Å². The number of nitrogens with zero attached hydrogens (tertiary/aromatic N) is 2. The Balaban J connectivity index is 2.36. The van der Waals surface area contributed by atoms with Crippen LogP contribution in [0.4, 0.5) is 0 Å². The predicted octanol–water partition coefficient (Wildman–Crippen LogP) is 0.794. The van der Waals surface area contributed by atoms with Gasteiger partial charge in [0.2, 0.25) is 0 Å². The first-order chi connectivity index (χ1) is 6.18. The van der Waals surface area contributed by atoms with Gasteiger partial charge in [-0.1, -0.05) is 0 Å². The lowest BCUT2D eigenvalue weighted by molar-refractivity contribution is -0.136. The van der Waals surface area contributed by atoms with E-state index < -0.39 is 5.97 Å². The lowest BCUT2D eigenvalue weighted by atomic mass is 10.2. The Bertz CT molecular complexity index is 359. The number of rotatable bonds is 2. The van der Waals surface area contributed by atoms with E-state index in [1.54, 1.807) is 4.68 Å². The van der Waals surface area contributed by atoms with Gasteiger partial charge in [0.05, 0.1) is 17.8 Å². The number of carboxylic acid groups (broad SMARTS) is 1. The van der Waals surface area contributed by atoms with E-state index in [2.05, 4.69) is 5.10 Å². The summed E-state index contributed by atoms with van der Waals surface area (Å²) in [6, 6.07) is 0. The van der Waals surface area contributed by atoms with E-state index in [-0.39, 0.29) is 6.42 Å². The lowest BCUT2D eigenvalue weighted by Crippen LogP contribution is -2.03. The van der Waals surface area contributed by atoms with Crippen LogP contribution in [0.1, 0.15) is 17.0 Å². The average Bonchev–Trinajstić information content (AvgIpc) is 2.56. The van der Waals surface area contributed by atoms with E-state index in [1.165, 1.54) is 5.69 Å². The van der Waals surface area contributed by atoms with E-state index in [0.29, 0.717) is 0 Å². The molecule has 0 bridgehead atoms. The Morgan fingerprint density at radius 2 is 2.46 bits per heavy atom. The molecule has 0 saturated heterocycles. The van der Waals surface area contributed by atoms with E-state index in [0.717, 1.165) is 22.8 Å². The van der Waals surface area contributed by atoms with Gasteiger partial charge in [0.1, 0.15) is 0 Å². The molecule has 5 heteroatoms. The molecular weight excluding hydrogens is 188 g/mol. The molecule has 0 atom stereocenters. The van der Waals surface area contributed by atoms with Gasteiger partial charge in [0.25, 0.3) is 0 Å². The molecular formula is C8H10N2O2S. The van der Waals surface area contributed by atoms with Gasteiger partial charge < -0.3 is 5.11 Å². The summed E-state index contributed by atoms with van der Waals surface area (Å²) in [5, 5.41) is 12.8. The highest BCUT2D eigenvalue weighted by atomic mass is 32.2. The quantitative estimate of drug-likeness (QED) is 0.763. The van der Waals surface area contributed by atoms with Crippen molar-refractivity contribution < 1.29 is 9.90 Å². The largest absolute Gasteiger partial charge is 0.481 e. The summed E-state index contributed by atoms with van der Waals surface area (Å²) in [7, 11) is 1.87. The first kappa shape index (κ1) is 8.62. The molecule has 2 heterocycles. The van der Waals surface area contributed by atoms with Crippen molar-refractivity contribution in [3.05, 3.63) is 17.0 Å². The van der Waals surface area contributed by atoms with Crippen molar-refractivity contribution in [2.75, 3.05) is 0 Å². The number of fused-ring (bicyclic) bond motifs is 1. The van der Waals surface area contributed by atoms with Crippen LogP contribution in [0.15, 0.2) is 0 Å². The smallest absolute Gasteiger partial charge is 0.309 e. The van der Waals surface area contributed by atoms with Gasteiger partial charge >= 0.3 is 5.97 Å². The number of aromatic nitrogens is 2. The fourth-order valence-corrected chi connectivity index (χ4v) is 2.74. The van der Waals surface area contributed by atoms with Gasteiger partial charge in [0, 0.05) is 24.1 Å². The fraction of sp³-hybridized carbons (Fsp3) is 0.500. The predicted molar refractivity (Wildman–Crippen MR) is 49.5 cm³/mol. The summed E-state index contributed by atoms with van der Waals surface area (Å²) in [5.41, 5.74) is 3.05. The van der Waals surface area contributed by atoms with Gasteiger partial charge in [-0.05, 0) is 0 Å². The number of carbonyl (C=O) groups is 1. The number of hydrogen-bond acceptors (Lipinski definition) is 3. The molecule has 0 fully saturated rings. The van der Waals surface area contributed by atoms with Crippen molar-refractivity contribution in [3.8, 4) is 0 Å². The lowest BCUT2D eigenvalue weighted by Gasteiger charge is -1.93. The van der Waals surface area contributed by atoms with Gasteiger partial charge in [-0.3, -0.25) is 9.48 Å². The minimum absolute atomic E-state index is 0.0454. The number of thioether (sulfide) groups is 1. The molecule has 13 heavy (non-hydrogen) atoms. The highest BCUT2D eigenvalue weighted by molar-refractivity contribution is 7.98. The summed E-state index contributed by atoms with van der Waals surface area (Å²) < 4.78 is 1.80. The van der Waals surface area contributed by atoms with Crippen molar-refractivity contribution >= 4 is 17.7 Å². The standard InChI is InChI=1S/C8H10N2O2S/c1-10-7-4-13-3-5(7)6(9-10)2-8(11)12/h2-4H2,1H3,(H,11,12). The molecule has 0 radical (unpaired) electrons. The molecule has 1 aliphatic heterocycles. The molecule has 0 saturated carbocycles. The van der Waals surface area contributed by atoms with Crippen LogP contribution in [-0.2, 0) is 29.8 Å². The molecule has 0 spiro atoms. The van der Waals surface area contributed by atoms with Crippen molar-refractivity contribution in [2.45, 2.75) is 17.9 Å². The Labute approximate surface area is 79.9 Å². The maximum atomic E-state index is 10.5. The van der Waals surface area contributed by atoms with Crippen LogP contribution in [0.25, 0.3) is 0 Å². The highest BCUT2D eigenvalue weighted by Gasteiger charge is 2.22. The highest BCUT2D eigenvalue weighted by Crippen LogP contribution is 2.31. The van der Waals surface area contributed by atoms with Crippen molar-refractivity contribution in [3.63, 3.8) is 0 Å². The summed E-state index contributed by atoms with van der Waals surface area (Å²) >= 11 is 1.81. The van der Waals surface area contributed by atoms with Crippen molar-refractivity contribution in [2.24, 2.45) is 7.05 Å². The van der Waals surface area contributed by atoms with Crippen LogP contribution in [0.5, 0.6) is 0 Å². The maximum absolute atomic E-state index is 10.5. The monoisotopic (exact) mass is 198 g/mol. The summed E-state index contributed by atoms with van der Waals surface area (Å²) in [5.74, 6) is 1.06. The van der Waals surface area contributed by atoms with Gasteiger partial charge in [-0.15, -0.1) is 0 Å². The summed E-state index contributed by atoms with van der Waals surface area (Å²) in [6.45, 7) is 0. The van der Waals surface area contributed by atoms with Crippen LogP contribution >= 0.6 is 11.8 Å². The third-order valence-corrected chi connectivity index (χ3v) is 3.13. The number of aryl methyl sites for hydroxylation is 1. The van der Waals surface area contributed by atoms with E-state index in [9.17, 15) is 4.79 Å². The summed E-state index contributed by atoms with van der Waals surface area (Å²) in [4.78, 5) is 10.5. The van der Waals surface area contributed by atoms with Crippen LogP contribution in [0.3, 0.4) is 0 Å². The van der Waals surface area contributed by atoms with Crippen molar-refractivity contribution in [1.29, 1.82) is 0 Å². The molecule has 0 amide bonds. The van der Waals surface area contributed by atoms with Crippen LogP contribution in [-0.4, -0.2) is 20.9 Å². The molecule has 4 nitrogen and oxygen atoms in total. The molecule has 1 aromatic heterocycles. The zero-order chi connectivity index (χ0) is 9.42. The van der Waals surface area contributed by atoms with E-state index in [1.807, 2.05) is 18.8 Å². The Hall–Kier alpha value is -0.970. The van der Waals surface area contributed by atoms with E-state index in [4.69, 9.17) is 5.11 Å². The van der Waals surface area contributed by atoms with Crippen LogP contribution < -0.4 is 0 Å². The molecule has 0 aliphatic carbocycles. The third kappa shape index (κ3) is 1.44. The minimum Gasteiger partial charge on any atom is -0.481 e. The average molecular weight is 198 g/mol. The first-order valence-electron chi connectivity index (χ1n) is 4.01. The zero-order valence-electron chi connectivity index (χ0n) is 7.28. The molecule has 1 N–H and O–H groups in total. The molecule has 1 aromatic rings. The number of aliphatic carboxylic acids is 1. The topological polar surface area (TPSA) is 55.1 Å². The second kappa shape index (κ2) is 3.06. The summed E-state index contributed by atoms with van der Waals surface area (Å²) in [6.07, 6.45) is 0.0454. The van der Waals surface area contributed by atoms with Gasteiger partial charge in [-0.2, -0.15) is 16.9 Å². The second-order valence-corrected chi connectivity index (χ2v) is 4.04. The molecule has 2 rings (SSSR count). The SMILES string of the molecule is Cn1nc(CC(=O)O)c2c1CSC2. The molecule has 1 aliphatic rings. The third-order valence-electron chi connectivity index (χ3n) is 2.16. The van der Waals surface area contributed by atoms with Gasteiger partial charge in [0.15, 0.2) is 0 Å². The molecule has 0 unspecified atom stereocenters. The van der Waals surface area contributed by atoms with Crippen molar-refractivity contribution in [1.82, 2.24) is 9.78 Å². The fourth-order valence-electron chi connectivity index (χ4n) is 1.55. The Kier molecular flexibility index (Phi) is 2.03. The molecule has 0 aromatic carbocycles. The Morgan fingerprint density at radius 1 is 1.69 bits per heavy atom. The van der Waals surface area contributed by atoms with Crippen LogP contribution in [0, 0.1) is 0 Å². The zero-order valence-corrected chi connectivity index (χ0v) is 8.10. The van der Waals surface area contributed by atoms with Gasteiger partial charge in [-0.25, -0.2) is 0 Å². The maximum Gasteiger partial charge on any atom is 0.309 e. The van der Waals surface area contributed by atoms with E-state index >= 15 is 0 Å². The molecule has 70 valence electrons. The minimum atomic E-state index is -0.808. The second-order valence-electron chi connectivity index (χ2n) is 3.06. The Morgan fingerprint density at radius 3 is 3.15 bits per heavy atom. The number of carboxylic acids is 1.